The molecule has 208 valence electrons. The number of nitrogens with zero attached hydrogens (tertiary/aromatic N) is 5. The number of unbranched alkanes of at least 4 members (excludes halogenated alkanes) is 1. The smallest absolute Gasteiger partial charge is 0.407 e. The van der Waals surface area contributed by atoms with Crippen molar-refractivity contribution in [3.8, 4) is 0 Å². The third-order valence-corrected chi connectivity index (χ3v) is 11.3. The Morgan fingerprint density at radius 1 is 1.24 bits per heavy atom. The number of aryl methyl sites for hydroxylation is 1. The van der Waals surface area contributed by atoms with Gasteiger partial charge < -0.3 is 24.8 Å². The Kier molecular flexibility index (Phi) is 8.18. The third-order valence-electron chi connectivity index (χ3n) is 7.10. The lowest BCUT2D eigenvalue weighted by Crippen LogP contribution is -2.45. The van der Waals surface area contributed by atoms with E-state index >= 15 is 0 Å². The van der Waals surface area contributed by atoms with Gasteiger partial charge in [-0.1, -0.05) is 25.9 Å². The molecule has 0 saturated carbocycles. The summed E-state index contributed by atoms with van der Waals surface area (Å²) in [6.07, 6.45) is 2.74. The highest BCUT2D eigenvalue weighted by Crippen LogP contribution is 2.44. The third kappa shape index (κ3) is 6.20. The molecule has 2 aliphatic heterocycles. The van der Waals surface area contributed by atoms with E-state index in [1.54, 1.807) is 18.1 Å². The minimum atomic E-state index is -2.20. The molecule has 2 atom stereocenters. The maximum absolute atomic E-state index is 12.9. The highest BCUT2D eigenvalue weighted by molar-refractivity contribution is 6.74. The van der Waals surface area contributed by atoms with Crippen LogP contribution in [0.4, 0.5) is 9.59 Å². The number of hydrogen-bond donors (Lipinski definition) is 3. The van der Waals surface area contributed by atoms with Gasteiger partial charge in [-0.25, -0.2) is 9.59 Å². The second-order valence-corrected chi connectivity index (χ2v) is 16.8. The number of urea groups is 1. The van der Waals surface area contributed by atoms with E-state index in [-0.39, 0.29) is 5.04 Å². The average Bonchev–Trinajstić information content (AvgIpc) is 3.29. The molecular weight excluding hydrogens is 494 g/mol. The Labute approximate surface area is 220 Å². The van der Waals surface area contributed by atoms with E-state index in [9.17, 15) is 14.8 Å². The number of carbonyl (C=O) groups is 2. The summed E-state index contributed by atoms with van der Waals surface area (Å²) in [4.78, 5) is 26.4. The first-order valence-electron chi connectivity index (χ1n) is 12.8. The van der Waals surface area contributed by atoms with E-state index in [0.717, 1.165) is 29.2 Å². The van der Waals surface area contributed by atoms with Crippen LogP contribution in [0.25, 0.3) is 0 Å². The zero-order valence-electron chi connectivity index (χ0n) is 23.6. The molecule has 0 spiro atoms. The largest absolute Gasteiger partial charge is 0.453 e. The van der Waals surface area contributed by atoms with Crippen molar-refractivity contribution < 1.29 is 24.1 Å². The SMILES string of the molecule is CN/C(=N\O[Si](C)(C)C(C)(C)C)[C@@H]1c2c(cnn2CCCCNC(=O)OC(C)(C)C)[C@H]2CN1C(=O)N2O. The second kappa shape index (κ2) is 10.5. The van der Waals surface area contributed by atoms with Crippen molar-refractivity contribution in [3.05, 3.63) is 17.5 Å². The summed E-state index contributed by atoms with van der Waals surface area (Å²) in [5.41, 5.74) is 1.05. The molecule has 3 N–H and O–H groups in total. The van der Waals surface area contributed by atoms with Gasteiger partial charge in [0.25, 0.3) is 8.32 Å². The first-order chi connectivity index (χ1) is 17.1. The highest BCUT2D eigenvalue weighted by atomic mass is 28.4. The van der Waals surface area contributed by atoms with Crippen LogP contribution in [0.15, 0.2) is 11.4 Å². The van der Waals surface area contributed by atoms with Crippen LogP contribution in [-0.2, 0) is 15.8 Å². The van der Waals surface area contributed by atoms with Gasteiger partial charge in [0.2, 0.25) is 0 Å². The summed E-state index contributed by atoms with van der Waals surface area (Å²) >= 11 is 0. The fourth-order valence-electron chi connectivity index (χ4n) is 4.04. The number of aromatic nitrogens is 2. The monoisotopic (exact) mass is 537 g/mol. The summed E-state index contributed by atoms with van der Waals surface area (Å²) in [6.45, 7) is 17.5. The van der Waals surface area contributed by atoms with Crippen LogP contribution in [0.2, 0.25) is 18.1 Å². The summed E-state index contributed by atoms with van der Waals surface area (Å²) in [6, 6.07) is -1.54. The van der Waals surface area contributed by atoms with Gasteiger partial charge in [-0.05, 0) is 51.7 Å². The maximum atomic E-state index is 12.9. The molecule has 12 nitrogen and oxygen atoms in total. The number of amidine groups is 1. The molecule has 3 rings (SSSR count). The Bertz CT molecular complexity index is 1030. The van der Waals surface area contributed by atoms with Crippen LogP contribution in [0.5, 0.6) is 0 Å². The minimum absolute atomic E-state index is 0.0430. The van der Waals surface area contributed by atoms with Crippen LogP contribution >= 0.6 is 0 Å². The predicted octanol–water partition coefficient (Wildman–Crippen LogP) is 3.97. The molecule has 1 aromatic rings. The zero-order chi connectivity index (χ0) is 27.8. The van der Waals surface area contributed by atoms with Crippen molar-refractivity contribution in [1.29, 1.82) is 0 Å². The number of amides is 3. The Morgan fingerprint density at radius 3 is 2.51 bits per heavy atom. The first-order valence-corrected chi connectivity index (χ1v) is 15.7. The van der Waals surface area contributed by atoms with Crippen LogP contribution in [0.1, 0.15) is 77.7 Å². The van der Waals surface area contributed by atoms with E-state index in [4.69, 9.17) is 9.26 Å². The van der Waals surface area contributed by atoms with E-state index < -0.39 is 38.1 Å². The standard InChI is InChI=1S/C24H43N7O5Si/c1-23(2,3)35-21(32)26-12-10-11-13-30-18-16(14-27-30)17-15-29(22(33)31(17)34)19(18)20(25-7)28-36-37(8,9)24(4,5)6/h14,17,19,34H,10-13,15H2,1-9H3,(H,25,28)(H,26,32)/t17-,19+/m1/s1. The first kappa shape index (κ1) is 28.8. The molecular formula is C24H43N7O5Si. The molecule has 0 aromatic carbocycles. The summed E-state index contributed by atoms with van der Waals surface area (Å²) < 4.78 is 13.3. The van der Waals surface area contributed by atoms with Gasteiger partial charge in [-0.2, -0.15) is 10.2 Å². The molecule has 1 saturated heterocycles. The molecule has 13 heteroatoms. The van der Waals surface area contributed by atoms with Gasteiger partial charge in [0.1, 0.15) is 17.7 Å². The number of nitrogens with one attached hydrogen (secondary N) is 2. The molecule has 3 heterocycles. The molecule has 1 aromatic heterocycles. The van der Waals surface area contributed by atoms with Crippen molar-refractivity contribution in [3.63, 3.8) is 0 Å². The highest BCUT2D eigenvalue weighted by Gasteiger charge is 2.51. The van der Waals surface area contributed by atoms with Crippen LogP contribution in [-0.4, -0.2) is 77.0 Å². The van der Waals surface area contributed by atoms with E-state index in [0.29, 0.717) is 25.5 Å². The van der Waals surface area contributed by atoms with Gasteiger partial charge >= 0.3 is 12.1 Å². The Hall–Kier alpha value is -2.80. The number of oxime groups is 1. The van der Waals surface area contributed by atoms with E-state index in [1.165, 1.54) is 0 Å². The Morgan fingerprint density at radius 2 is 1.92 bits per heavy atom. The van der Waals surface area contributed by atoms with Gasteiger partial charge in [-0.15, -0.1) is 0 Å². The van der Waals surface area contributed by atoms with Crippen molar-refractivity contribution >= 4 is 26.3 Å². The van der Waals surface area contributed by atoms with Crippen molar-refractivity contribution in [2.75, 3.05) is 20.1 Å². The molecule has 2 bridgehead atoms. The summed E-state index contributed by atoms with van der Waals surface area (Å²) in [5.74, 6) is 0.488. The molecule has 0 unspecified atom stereocenters. The van der Waals surface area contributed by atoms with Crippen molar-refractivity contribution in [2.45, 2.75) is 96.7 Å². The summed E-state index contributed by atoms with van der Waals surface area (Å²) in [7, 11) is -0.452. The lowest BCUT2D eigenvalue weighted by Gasteiger charge is -2.35. The molecule has 0 aliphatic carbocycles. The Balaban J connectivity index is 1.79. The predicted molar refractivity (Wildman–Crippen MR) is 142 cm³/mol. The van der Waals surface area contributed by atoms with E-state index in [2.05, 4.69) is 54.8 Å². The lowest BCUT2D eigenvalue weighted by atomic mass is 9.97. The van der Waals surface area contributed by atoms with Crippen LogP contribution in [0.3, 0.4) is 0 Å². The van der Waals surface area contributed by atoms with Gasteiger partial charge in [0, 0.05) is 25.7 Å². The number of hydroxylamine groups is 2. The zero-order valence-corrected chi connectivity index (χ0v) is 24.6. The molecule has 37 heavy (non-hydrogen) atoms. The van der Waals surface area contributed by atoms with Crippen molar-refractivity contribution in [1.82, 2.24) is 30.4 Å². The van der Waals surface area contributed by atoms with Gasteiger partial charge in [0.05, 0.1) is 18.4 Å². The van der Waals surface area contributed by atoms with Crippen molar-refractivity contribution in [2.24, 2.45) is 5.16 Å². The van der Waals surface area contributed by atoms with E-state index in [1.807, 2.05) is 25.5 Å². The normalized spacial score (nSPS) is 20.2. The number of ether oxygens (including phenoxy) is 1. The number of fused-ring (bicyclic) bond motifs is 4. The number of alkyl carbamates (subject to hydrolysis) is 1. The molecule has 2 aliphatic rings. The fraction of sp³-hybridized carbons (Fsp3) is 0.750. The van der Waals surface area contributed by atoms with Gasteiger partial charge in [-0.3, -0.25) is 9.89 Å². The quantitative estimate of drug-likeness (QED) is 0.114. The summed E-state index contributed by atoms with van der Waals surface area (Å²) in [5, 5.41) is 26.3. The molecule has 0 radical (unpaired) electrons. The average molecular weight is 538 g/mol. The molecule has 1 fully saturated rings. The fourth-order valence-corrected chi connectivity index (χ4v) is 4.64. The van der Waals surface area contributed by atoms with Crippen LogP contribution < -0.4 is 10.6 Å². The number of hydrogen-bond acceptors (Lipinski definition) is 7. The minimum Gasteiger partial charge on any atom is -0.453 e. The second-order valence-electron chi connectivity index (χ2n) is 12.1. The maximum Gasteiger partial charge on any atom is 0.407 e. The topological polar surface area (TPSA) is 134 Å². The van der Waals surface area contributed by atoms with Crippen LogP contribution in [0, 0.1) is 0 Å². The lowest BCUT2D eigenvalue weighted by molar-refractivity contribution is -0.0586. The number of likely N-dealkylation sites (N-methyl/N-ethyl adjacent to an activating group) is 1. The van der Waals surface area contributed by atoms with Gasteiger partial charge in [0.15, 0.2) is 5.84 Å². The number of carbonyl (C=O) groups excluding carboxylic acids is 2. The number of rotatable bonds is 8. The molecule has 3 amide bonds.